The number of hydrogen-bond donors (Lipinski definition) is 2. The van der Waals surface area contributed by atoms with Crippen molar-refractivity contribution in [3.63, 3.8) is 0 Å². The molecule has 4 aliphatic heterocycles. The van der Waals surface area contributed by atoms with Gasteiger partial charge in [0.2, 0.25) is 12.6 Å². The van der Waals surface area contributed by atoms with E-state index in [0.717, 1.165) is 0 Å². The van der Waals surface area contributed by atoms with Crippen LogP contribution in [0.1, 0.15) is 59.5 Å². The zero-order valence-electron chi connectivity index (χ0n) is 22.4. The van der Waals surface area contributed by atoms with Crippen molar-refractivity contribution in [1.82, 2.24) is 19.6 Å². The normalized spacial score (nSPS) is 28.0. The van der Waals surface area contributed by atoms with Crippen LogP contribution in [0.25, 0.3) is 0 Å². The van der Waals surface area contributed by atoms with E-state index in [1.807, 2.05) is 0 Å². The number of carbonyl (C=O) groups is 4. The Hall–Kier alpha value is -3.90. The van der Waals surface area contributed by atoms with Gasteiger partial charge in [0, 0.05) is 25.2 Å². The van der Waals surface area contributed by atoms with Gasteiger partial charge in [-0.25, -0.2) is 9.59 Å². The molecule has 6 N–H and O–H groups in total. The predicted molar refractivity (Wildman–Crippen MR) is 135 cm³/mol. The minimum absolute atomic E-state index is 0. The topological polar surface area (TPSA) is 243 Å². The van der Waals surface area contributed by atoms with Gasteiger partial charge in [0.1, 0.15) is 23.3 Å². The molecule has 2 aromatic heterocycles. The molecule has 4 saturated heterocycles. The molecule has 4 fully saturated rings. The first kappa shape index (κ1) is 30.1. The smallest absolute Gasteiger partial charge is 0.343 e. The van der Waals surface area contributed by atoms with Crippen LogP contribution >= 0.6 is 0 Å². The SMILES string of the molecule is CCOC(=O)c1cn([C@H]2CC(=O)[C@@H]3OC[C@H]2O3)nc1N.CCOC(=O)c1cn([C@H]2CC(=O)[C@@H]3OC[C@H]2O3)nc1N.O. The van der Waals surface area contributed by atoms with Crippen LogP contribution in [-0.4, -0.2) is 99.8 Å². The number of ketones is 2. The first-order chi connectivity index (χ1) is 19.2. The molecular formula is C24H32N6O11. The summed E-state index contributed by atoms with van der Waals surface area (Å²) in [5, 5.41) is 8.19. The van der Waals surface area contributed by atoms with Crippen molar-refractivity contribution in [3.8, 4) is 0 Å². The third-order valence-electron chi connectivity index (χ3n) is 6.82. The van der Waals surface area contributed by atoms with Gasteiger partial charge >= 0.3 is 11.9 Å². The van der Waals surface area contributed by atoms with Gasteiger partial charge in [-0.05, 0) is 13.8 Å². The molecule has 0 unspecified atom stereocenters. The number of nitrogens with two attached hydrogens (primary N) is 2. The summed E-state index contributed by atoms with van der Waals surface area (Å²) in [6, 6.07) is -0.626. The molecule has 0 amide bonds. The van der Waals surface area contributed by atoms with Crippen LogP contribution < -0.4 is 11.5 Å². The Kier molecular flexibility index (Phi) is 9.03. The highest BCUT2D eigenvalue weighted by Gasteiger charge is 2.45. The maximum atomic E-state index is 11.7. The van der Waals surface area contributed by atoms with E-state index in [9.17, 15) is 19.2 Å². The zero-order chi connectivity index (χ0) is 28.6. The van der Waals surface area contributed by atoms with E-state index >= 15 is 0 Å². The molecule has 224 valence electrons. The highest BCUT2D eigenvalue weighted by atomic mass is 16.7. The summed E-state index contributed by atoms with van der Waals surface area (Å²) < 4.78 is 34.1. The number of nitrogen functional groups attached to an aromatic ring is 2. The van der Waals surface area contributed by atoms with Crippen LogP contribution in [0.2, 0.25) is 0 Å². The molecule has 6 atom stereocenters. The van der Waals surface area contributed by atoms with Gasteiger partial charge in [-0.1, -0.05) is 0 Å². The first-order valence-electron chi connectivity index (χ1n) is 12.8. The molecule has 0 saturated carbocycles. The van der Waals surface area contributed by atoms with Gasteiger partial charge < -0.3 is 45.4 Å². The number of rotatable bonds is 6. The molecular weight excluding hydrogens is 548 g/mol. The summed E-state index contributed by atoms with van der Waals surface area (Å²) >= 11 is 0. The second-order valence-electron chi connectivity index (χ2n) is 9.41. The molecule has 17 nitrogen and oxygen atoms in total. The van der Waals surface area contributed by atoms with E-state index in [0.29, 0.717) is 13.2 Å². The highest BCUT2D eigenvalue weighted by Crippen LogP contribution is 2.34. The molecule has 4 bridgehead atoms. The van der Waals surface area contributed by atoms with Gasteiger partial charge in [0.05, 0.1) is 38.5 Å². The molecule has 0 spiro atoms. The first-order valence-corrected chi connectivity index (χ1v) is 12.8. The van der Waals surface area contributed by atoms with Crippen molar-refractivity contribution >= 4 is 35.1 Å². The van der Waals surface area contributed by atoms with Crippen molar-refractivity contribution < 1.29 is 53.1 Å². The predicted octanol–water partition coefficient (Wildman–Crippen LogP) is -1.03. The lowest BCUT2D eigenvalue weighted by Crippen LogP contribution is -2.37. The number of anilines is 2. The fourth-order valence-corrected chi connectivity index (χ4v) is 4.86. The van der Waals surface area contributed by atoms with Crippen LogP contribution in [-0.2, 0) is 38.0 Å². The number of Topliss-reactive ketones (excluding diaryl/α,β-unsaturated/α-hetero) is 2. The van der Waals surface area contributed by atoms with Crippen molar-refractivity contribution in [2.75, 3.05) is 37.9 Å². The minimum Gasteiger partial charge on any atom is -0.462 e. The van der Waals surface area contributed by atoms with E-state index in [4.69, 9.17) is 39.9 Å². The maximum absolute atomic E-state index is 11.7. The number of hydrogen-bond acceptors (Lipinski definition) is 14. The van der Waals surface area contributed by atoms with Gasteiger partial charge in [-0.2, -0.15) is 10.2 Å². The fourth-order valence-electron chi connectivity index (χ4n) is 4.86. The lowest BCUT2D eigenvalue weighted by molar-refractivity contribution is -0.156. The molecule has 0 aliphatic carbocycles. The number of carbonyl (C=O) groups excluding carboxylic acids is 4. The van der Waals surface area contributed by atoms with E-state index in [2.05, 4.69) is 10.2 Å². The quantitative estimate of drug-likeness (QED) is 0.388. The summed E-state index contributed by atoms with van der Waals surface area (Å²) in [5.74, 6) is -1.15. The zero-order valence-corrected chi connectivity index (χ0v) is 22.4. The lowest BCUT2D eigenvalue weighted by Gasteiger charge is -2.26. The van der Waals surface area contributed by atoms with Crippen molar-refractivity contribution in [1.29, 1.82) is 0 Å². The minimum atomic E-state index is -0.756. The van der Waals surface area contributed by atoms with E-state index in [1.54, 1.807) is 13.8 Å². The molecule has 0 aromatic carbocycles. The third kappa shape index (κ3) is 5.94. The largest absolute Gasteiger partial charge is 0.462 e. The van der Waals surface area contributed by atoms with E-state index < -0.39 is 24.5 Å². The Morgan fingerprint density at radius 1 is 0.829 bits per heavy atom. The Morgan fingerprint density at radius 3 is 1.59 bits per heavy atom. The van der Waals surface area contributed by atoms with Gasteiger partial charge in [0.15, 0.2) is 23.2 Å². The van der Waals surface area contributed by atoms with E-state index in [1.165, 1.54) is 21.8 Å². The lowest BCUT2D eigenvalue weighted by atomic mass is 10.0. The van der Waals surface area contributed by atoms with Crippen LogP contribution in [0.15, 0.2) is 12.4 Å². The van der Waals surface area contributed by atoms with Crippen LogP contribution in [0.5, 0.6) is 0 Å². The Labute approximate surface area is 233 Å². The molecule has 17 heteroatoms. The fraction of sp³-hybridized carbons (Fsp3) is 0.583. The van der Waals surface area contributed by atoms with Crippen molar-refractivity contribution in [2.45, 2.75) is 63.6 Å². The second-order valence-corrected chi connectivity index (χ2v) is 9.41. The maximum Gasteiger partial charge on any atom is 0.343 e. The molecule has 4 aliphatic rings. The van der Waals surface area contributed by atoms with Crippen LogP contribution in [0.4, 0.5) is 11.6 Å². The van der Waals surface area contributed by atoms with Crippen LogP contribution in [0, 0.1) is 0 Å². The monoisotopic (exact) mass is 580 g/mol. The summed E-state index contributed by atoms with van der Waals surface area (Å²) in [4.78, 5) is 46.9. The number of aromatic nitrogens is 4. The standard InChI is InChI=1S/2C12H15N3O5.H2O/c2*1-2-18-11(17)6-4-15(14-10(6)13)7-3-8(16)12-19-5-9(7)20-12;/h2*4,7,9,12H,2-3,5H2,1H3,(H2,13,14);1H2/t2*7-,9+,12+;/m00./s1. The Bertz CT molecular complexity index is 1210. The third-order valence-corrected chi connectivity index (χ3v) is 6.82. The molecule has 0 radical (unpaired) electrons. The van der Waals surface area contributed by atoms with Gasteiger partial charge in [-0.15, -0.1) is 0 Å². The number of esters is 2. The van der Waals surface area contributed by atoms with Gasteiger partial charge in [0.25, 0.3) is 0 Å². The molecule has 6 rings (SSSR count). The number of ether oxygens (including phenoxy) is 6. The molecule has 41 heavy (non-hydrogen) atoms. The molecule has 6 heterocycles. The van der Waals surface area contributed by atoms with E-state index in [-0.39, 0.29) is 90.2 Å². The summed E-state index contributed by atoms with van der Waals surface area (Å²) in [7, 11) is 0. The van der Waals surface area contributed by atoms with Crippen molar-refractivity contribution in [3.05, 3.63) is 23.5 Å². The molecule has 2 aromatic rings. The summed E-state index contributed by atoms with van der Waals surface area (Å²) in [5.41, 5.74) is 11.8. The Morgan fingerprint density at radius 2 is 1.22 bits per heavy atom. The highest BCUT2D eigenvalue weighted by molar-refractivity contribution is 5.94. The van der Waals surface area contributed by atoms with Gasteiger partial charge in [-0.3, -0.25) is 19.0 Å². The number of fused-ring (bicyclic) bond motifs is 4. The number of nitrogens with zero attached hydrogens (tertiary/aromatic N) is 4. The Balaban J connectivity index is 0.000000184. The van der Waals surface area contributed by atoms with Crippen molar-refractivity contribution in [2.24, 2.45) is 0 Å². The van der Waals surface area contributed by atoms with Crippen LogP contribution in [0.3, 0.4) is 0 Å². The summed E-state index contributed by atoms with van der Waals surface area (Å²) in [6.45, 7) is 4.59. The second kappa shape index (κ2) is 12.3. The summed E-state index contributed by atoms with van der Waals surface area (Å²) in [6.07, 6.45) is 1.46. The average molecular weight is 581 g/mol. The average Bonchev–Trinajstić information content (AvgIpc) is 3.71.